The molecule has 0 spiro atoms. The maximum atomic E-state index is 11.6. The summed E-state index contributed by atoms with van der Waals surface area (Å²) in [7, 11) is 2.09. The highest BCUT2D eigenvalue weighted by Gasteiger charge is 2.25. The molecule has 1 saturated heterocycles. The molecule has 1 fully saturated rings. The highest BCUT2D eigenvalue weighted by molar-refractivity contribution is 7.81. The topological polar surface area (TPSA) is 23.6 Å². The van der Waals surface area contributed by atoms with Gasteiger partial charge in [0.05, 0.1) is 5.25 Å². The molecule has 0 bridgehead atoms. The van der Waals surface area contributed by atoms with Gasteiger partial charge in [-0.05, 0) is 20.9 Å². The Kier molecular flexibility index (Phi) is 3.62. The first kappa shape index (κ1) is 10.9. The van der Waals surface area contributed by atoms with E-state index in [1.54, 1.807) is 0 Å². The molecule has 1 aliphatic rings. The Morgan fingerprint density at radius 2 is 2.15 bits per heavy atom. The zero-order valence-corrected chi connectivity index (χ0v) is 9.42. The zero-order valence-electron chi connectivity index (χ0n) is 8.53. The van der Waals surface area contributed by atoms with E-state index in [1.165, 1.54) is 0 Å². The molecule has 13 heavy (non-hydrogen) atoms. The molecule has 4 heteroatoms. The Balaban J connectivity index is 2.50. The highest BCUT2D eigenvalue weighted by Crippen LogP contribution is 2.09. The van der Waals surface area contributed by atoms with E-state index in [0.29, 0.717) is 6.04 Å². The maximum Gasteiger partial charge on any atom is 0.235 e. The van der Waals surface area contributed by atoms with Crippen LogP contribution in [0.25, 0.3) is 0 Å². The Morgan fingerprint density at radius 1 is 1.54 bits per heavy atom. The minimum atomic E-state index is -0.171. The Labute approximate surface area is 85.5 Å². The van der Waals surface area contributed by atoms with Crippen LogP contribution in [0.3, 0.4) is 0 Å². The Bertz CT molecular complexity index is 196. The number of hydrogen-bond donors (Lipinski definition) is 1. The SMILES string of the molecule is CC(S)C(=O)N1CCN(C)C(C)C1. The standard InChI is InChI=1S/C9H18N2OS/c1-7-6-11(5-4-10(7)3)9(12)8(2)13/h7-8,13H,4-6H2,1-3H3. The third-order valence-electron chi connectivity index (χ3n) is 2.63. The van der Waals surface area contributed by atoms with Gasteiger partial charge >= 0.3 is 0 Å². The van der Waals surface area contributed by atoms with Gasteiger partial charge in [0.1, 0.15) is 0 Å². The number of carbonyl (C=O) groups is 1. The number of hydrogen-bond acceptors (Lipinski definition) is 3. The van der Waals surface area contributed by atoms with Crippen LogP contribution in [-0.4, -0.2) is 53.7 Å². The van der Waals surface area contributed by atoms with Crippen molar-refractivity contribution in [1.82, 2.24) is 9.80 Å². The van der Waals surface area contributed by atoms with E-state index >= 15 is 0 Å². The monoisotopic (exact) mass is 202 g/mol. The lowest BCUT2D eigenvalue weighted by Gasteiger charge is -2.38. The Hall–Kier alpha value is -0.220. The molecule has 0 saturated carbocycles. The van der Waals surface area contributed by atoms with Gasteiger partial charge < -0.3 is 9.80 Å². The molecule has 2 atom stereocenters. The number of likely N-dealkylation sites (N-methyl/N-ethyl adjacent to an activating group) is 1. The fourth-order valence-electron chi connectivity index (χ4n) is 1.51. The van der Waals surface area contributed by atoms with Crippen LogP contribution >= 0.6 is 12.6 Å². The molecule has 0 aliphatic carbocycles. The van der Waals surface area contributed by atoms with Crippen molar-refractivity contribution in [2.75, 3.05) is 26.7 Å². The minimum absolute atomic E-state index is 0.156. The van der Waals surface area contributed by atoms with E-state index in [1.807, 2.05) is 11.8 Å². The van der Waals surface area contributed by atoms with E-state index in [9.17, 15) is 4.79 Å². The molecular formula is C9H18N2OS. The number of thiol groups is 1. The average Bonchev–Trinajstić information content (AvgIpc) is 2.08. The number of nitrogens with zero attached hydrogens (tertiary/aromatic N) is 2. The molecule has 76 valence electrons. The normalized spacial score (nSPS) is 27.4. The van der Waals surface area contributed by atoms with Crippen LogP contribution in [-0.2, 0) is 4.79 Å². The molecule has 0 aromatic heterocycles. The first-order valence-corrected chi connectivity index (χ1v) is 5.21. The van der Waals surface area contributed by atoms with Crippen LogP contribution in [0.1, 0.15) is 13.8 Å². The molecule has 3 nitrogen and oxygen atoms in total. The number of rotatable bonds is 1. The van der Waals surface area contributed by atoms with Gasteiger partial charge in [0.25, 0.3) is 0 Å². The van der Waals surface area contributed by atoms with Gasteiger partial charge in [-0.2, -0.15) is 12.6 Å². The van der Waals surface area contributed by atoms with Gasteiger partial charge in [0.2, 0.25) is 5.91 Å². The molecule has 1 rings (SSSR count). The lowest BCUT2D eigenvalue weighted by Crippen LogP contribution is -2.53. The summed E-state index contributed by atoms with van der Waals surface area (Å²) in [6, 6.07) is 0.463. The van der Waals surface area contributed by atoms with Gasteiger partial charge in [-0.3, -0.25) is 4.79 Å². The van der Waals surface area contributed by atoms with Crippen LogP contribution < -0.4 is 0 Å². The fraction of sp³-hybridized carbons (Fsp3) is 0.889. The van der Waals surface area contributed by atoms with Crippen LogP contribution in [0, 0.1) is 0 Å². The number of amides is 1. The first-order valence-electron chi connectivity index (χ1n) is 4.69. The second kappa shape index (κ2) is 4.33. The molecule has 1 aliphatic heterocycles. The first-order chi connectivity index (χ1) is 6.02. The van der Waals surface area contributed by atoms with E-state index in [0.717, 1.165) is 19.6 Å². The summed E-state index contributed by atoms with van der Waals surface area (Å²) >= 11 is 4.15. The molecule has 0 N–H and O–H groups in total. The molecular weight excluding hydrogens is 184 g/mol. The summed E-state index contributed by atoms with van der Waals surface area (Å²) in [6.07, 6.45) is 0. The highest BCUT2D eigenvalue weighted by atomic mass is 32.1. The second-order valence-electron chi connectivity index (χ2n) is 3.79. The van der Waals surface area contributed by atoms with Crippen molar-refractivity contribution >= 4 is 18.5 Å². The second-order valence-corrected chi connectivity index (χ2v) is 4.56. The van der Waals surface area contributed by atoms with Crippen LogP contribution in [0.4, 0.5) is 0 Å². The predicted octanol–water partition coefficient (Wildman–Crippen LogP) is 0.467. The van der Waals surface area contributed by atoms with Crippen LogP contribution in [0.2, 0.25) is 0 Å². The third-order valence-corrected chi connectivity index (χ3v) is 2.85. The van der Waals surface area contributed by atoms with Gasteiger partial charge in [0.15, 0.2) is 0 Å². The molecule has 2 unspecified atom stereocenters. The average molecular weight is 202 g/mol. The lowest BCUT2D eigenvalue weighted by atomic mass is 10.2. The van der Waals surface area contributed by atoms with Crippen molar-refractivity contribution < 1.29 is 4.79 Å². The van der Waals surface area contributed by atoms with Crippen molar-refractivity contribution in [3.63, 3.8) is 0 Å². The van der Waals surface area contributed by atoms with Gasteiger partial charge in [0, 0.05) is 25.7 Å². The summed E-state index contributed by atoms with van der Waals surface area (Å²) in [5, 5.41) is -0.171. The minimum Gasteiger partial charge on any atom is -0.339 e. The fourth-order valence-corrected chi connectivity index (χ4v) is 1.68. The largest absolute Gasteiger partial charge is 0.339 e. The van der Waals surface area contributed by atoms with Crippen LogP contribution in [0.15, 0.2) is 0 Å². The summed E-state index contributed by atoms with van der Waals surface area (Å²) < 4.78 is 0. The molecule has 1 heterocycles. The molecule has 0 aromatic rings. The molecule has 0 radical (unpaired) electrons. The Morgan fingerprint density at radius 3 is 2.62 bits per heavy atom. The smallest absolute Gasteiger partial charge is 0.235 e. The lowest BCUT2D eigenvalue weighted by molar-refractivity contribution is -0.132. The van der Waals surface area contributed by atoms with E-state index < -0.39 is 0 Å². The third kappa shape index (κ3) is 2.61. The number of carbonyl (C=O) groups excluding carboxylic acids is 1. The van der Waals surface area contributed by atoms with Crippen LogP contribution in [0.5, 0.6) is 0 Å². The van der Waals surface area contributed by atoms with Gasteiger partial charge in [-0.1, -0.05) is 0 Å². The zero-order chi connectivity index (χ0) is 10.0. The summed E-state index contributed by atoms with van der Waals surface area (Å²) in [4.78, 5) is 15.8. The van der Waals surface area contributed by atoms with Crippen molar-refractivity contribution in [3.05, 3.63) is 0 Å². The molecule has 0 aromatic carbocycles. The van der Waals surface area contributed by atoms with E-state index in [4.69, 9.17) is 0 Å². The van der Waals surface area contributed by atoms with E-state index in [-0.39, 0.29) is 11.2 Å². The van der Waals surface area contributed by atoms with Crippen molar-refractivity contribution in [3.8, 4) is 0 Å². The molecule has 1 amide bonds. The van der Waals surface area contributed by atoms with Crippen molar-refractivity contribution in [2.24, 2.45) is 0 Å². The summed E-state index contributed by atoms with van der Waals surface area (Å²) in [6.45, 7) is 6.61. The summed E-state index contributed by atoms with van der Waals surface area (Å²) in [5.74, 6) is 0.156. The maximum absolute atomic E-state index is 11.6. The quantitative estimate of drug-likeness (QED) is 0.625. The van der Waals surface area contributed by atoms with Crippen molar-refractivity contribution in [1.29, 1.82) is 0 Å². The van der Waals surface area contributed by atoms with Crippen molar-refractivity contribution in [2.45, 2.75) is 25.1 Å². The van der Waals surface area contributed by atoms with Gasteiger partial charge in [-0.25, -0.2) is 0 Å². The predicted molar refractivity (Wildman–Crippen MR) is 57.1 cm³/mol. The van der Waals surface area contributed by atoms with E-state index in [2.05, 4.69) is 31.5 Å². The number of piperazine rings is 1. The van der Waals surface area contributed by atoms with Gasteiger partial charge in [-0.15, -0.1) is 0 Å². The summed E-state index contributed by atoms with van der Waals surface area (Å²) in [5.41, 5.74) is 0.